The van der Waals surface area contributed by atoms with Gasteiger partial charge < -0.3 is 4.90 Å². The monoisotopic (exact) mass is 209 g/mol. The van der Waals surface area contributed by atoms with Crippen LogP contribution in [0.4, 0.5) is 0 Å². The van der Waals surface area contributed by atoms with E-state index in [0.717, 1.165) is 23.8 Å². The quantitative estimate of drug-likeness (QED) is 0.672. The summed E-state index contributed by atoms with van der Waals surface area (Å²) in [6.45, 7) is 10.0. The van der Waals surface area contributed by atoms with Crippen molar-refractivity contribution in [1.29, 1.82) is 0 Å². The Balaban J connectivity index is 1.92. The molecule has 0 spiro atoms. The minimum atomic E-state index is 0.865. The van der Waals surface area contributed by atoms with Gasteiger partial charge in [0.25, 0.3) is 0 Å². The zero-order chi connectivity index (χ0) is 10.8. The van der Waals surface area contributed by atoms with Crippen molar-refractivity contribution < 1.29 is 0 Å². The van der Waals surface area contributed by atoms with Crippen molar-refractivity contribution in [3.8, 4) is 0 Å². The summed E-state index contributed by atoms with van der Waals surface area (Å²) in [5.74, 6) is 2.76. The van der Waals surface area contributed by atoms with Crippen LogP contribution >= 0.6 is 0 Å². The topological polar surface area (TPSA) is 3.24 Å². The van der Waals surface area contributed by atoms with Crippen LogP contribution in [0.15, 0.2) is 0 Å². The maximum Gasteiger partial charge on any atom is 0.00953 e. The lowest BCUT2D eigenvalue weighted by molar-refractivity contribution is 0.0665. The molecule has 1 nitrogen and oxygen atoms in total. The molecule has 1 heteroatoms. The number of hydrogen-bond acceptors (Lipinski definition) is 1. The molecular formula is C14H27N. The molecule has 1 saturated carbocycles. The van der Waals surface area contributed by atoms with E-state index in [9.17, 15) is 0 Å². The normalized spacial score (nSPS) is 35.2. The summed E-state index contributed by atoms with van der Waals surface area (Å²) in [7, 11) is 0. The van der Waals surface area contributed by atoms with Crippen LogP contribution in [0.1, 0.15) is 52.9 Å². The summed E-state index contributed by atoms with van der Waals surface area (Å²) in [5, 5.41) is 0. The smallest absolute Gasteiger partial charge is 0.00953 e. The van der Waals surface area contributed by atoms with E-state index in [1.165, 1.54) is 45.2 Å². The fourth-order valence-corrected chi connectivity index (χ4v) is 3.59. The fraction of sp³-hybridized carbons (Fsp3) is 1.00. The Hall–Kier alpha value is -0.0400. The van der Waals surface area contributed by atoms with E-state index in [-0.39, 0.29) is 0 Å². The zero-order valence-electron chi connectivity index (χ0n) is 10.7. The van der Waals surface area contributed by atoms with Crippen LogP contribution < -0.4 is 0 Å². The summed E-state index contributed by atoms with van der Waals surface area (Å²) in [4.78, 5) is 2.80. The second-order valence-corrected chi connectivity index (χ2v) is 6.11. The number of rotatable bonds is 2. The van der Waals surface area contributed by atoms with Crippen molar-refractivity contribution in [2.24, 2.45) is 17.8 Å². The van der Waals surface area contributed by atoms with Gasteiger partial charge >= 0.3 is 0 Å². The molecule has 1 aliphatic heterocycles. The first-order valence-corrected chi connectivity index (χ1v) is 6.92. The van der Waals surface area contributed by atoms with Gasteiger partial charge in [-0.2, -0.15) is 0 Å². The maximum atomic E-state index is 2.80. The van der Waals surface area contributed by atoms with Crippen LogP contribution in [-0.4, -0.2) is 24.0 Å². The van der Waals surface area contributed by atoms with E-state index < -0.39 is 0 Å². The van der Waals surface area contributed by atoms with Crippen LogP contribution in [0.25, 0.3) is 0 Å². The predicted molar refractivity (Wildman–Crippen MR) is 65.9 cm³/mol. The first kappa shape index (κ1) is 11.4. The highest BCUT2D eigenvalue weighted by molar-refractivity contribution is 4.85. The van der Waals surface area contributed by atoms with Gasteiger partial charge in [-0.3, -0.25) is 0 Å². The molecule has 0 bridgehead atoms. The Morgan fingerprint density at radius 3 is 2.33 bits per heavy atom. The molecule has 2 aliphatic rings. The van der Waals surface area contributed by atoms with E-state index in [0.29, 0.717) is 0 Å². The fourth-order valence-electron chi connectivity index (χ4n) is 3.59. The van der Waals surface area contributed by atoms with Crippen LogP contribution in [0, 0.1) is 17.8 Å². The minimum absolute atomic E-state index is 0.865. The highest BCUT2D eigenvalue weighted by Gasteiger charge is 2.32. The second-order valence-electron chi connectivity index (χ2n) is 6.11. The van der Waals surface area contributed by atoms with E-state index in [4.69, 9.17) is 0 Å². The molecule has 0 unspecified atom stereocenters. The first-order valence-electron chi connectivity index (χ1n) is 6.92. The SMILES string of the molecule is CC(C)[C@H]1CN(C2CCCC2)CC[C@@H]1C. The van der Waals surface area contributed by atoms with Gasteiger partial charge in [-0.15, -0.1) is 0 Å². The second kappa shape index (κ2) is 4.86. The molecule has 0 amide bonds. The van der Waals surface area contributed by atoms with Crippen molar-refractivity contribution >= 4 is 0 Å². The van der Waals surface area contributed by atoms with E-state index in [1.807, 2.05) is 0 Å². The first-order chi connectivity index (χ1) is 7.18. The molecule has 1 saturated heterocycles. The summed E-state index contributed by atoms with van der Waals surface area (Å²) in [6, 6.07) is 0.943. The number of likely N-dealkylation sites (tertiary alicyclic amines) is 1. The Labute approximate surface area is 95.2 Å². The average Bonchev–Trinajstić information content (AvgIpc) is 2.71. The molecule has 0 aromatic carbocycles. The molecule has 2 rings (SSSR count). The Morgan fingerprint density at radius 1 is 1.07 bits per heavy atom. The lowest BCUT2D eigenvalue weighted by atomic mass is 9.79. The molecule has 88 valence electrons. The lowest BCUT2D eigenvalue weighted by Crippen LogP contribution is -2.45. The molecule has 15 heavy (non-hydrogen) atoms. The molecule has 2 fully saturated rings. The largest absolute Gasteiger partial charge is 0.300 e. The Morgan fingerprint density at radius 2 is 1.73 bits per heavy atom. The molecule has 0 N–H and O–H groups in total. The minimum Gasteiger partial charge on any atom is -0.300 e. The number of nitrogens with zero attached hydrogens (tertiary/aromatic N) is 1. The van der Waals surface area contributed by atoms with E-state index in [2.05, 4.69) is 25.7 Å². The summed E-state index contributed by atoms with van der Waals surface area (Å²) >= 11 is 0. The average molecular weight is 209 g/mol. The van der Waals surface area contributed by atoms with Gasteiger partial charge in [0.15, 0.2) is 0 Å². The highest BCUT2D eigenvalue weighted by atomic mass is 15.2. The van der Waals surface area contributed by atoms with Gasteiger partial charge in [0.2, 0.25) is 0 Å². The van der Waals surface area contributed by atoms with Gasteiger partial charge in [-0.25, -0.2) is 0 Å². The Kier molecular flexibility index (Phi) is 3.71. The molecule has 0 radical (unpaired) electrons. The third-order valence-corrected chi connectivity index (χ3v) is 4.75. The van der Waals surface area contributed by atoms with Crippen molar-refractivity contribution in [3.05, 3.63) is 0 Å². The summed E-state index contributed by atoms with van der Waals surface area (Å²) in [6.07, 6.45) is 7.32. The van der Waals surface area contributed by atoms with Crippen molar-refractivity contribution in [2.75, 3.05) is 13.1 Å². The number of hydrogen-bond donors (Lipinski definition) is 0. The van der Waals surface area contributed by atoms with Gasteiger partial charge in [0.05, 0.1) is 0 Å². The maximum absolute atomic E-state index is 2.80. The van der Waals surface area contributed by atoms with Crippen LogP contribution in [0.5, 0.6) is 0 Å². The Bertz CT molecular complexity index is 194. The molecule has 1 heterocycles. The van der Waals surface area contributed by atoms with Crippen LogP contribution in [0.2, 0.25) is 0 Å². The summed E-state index contributed by atoms with van der Waals surface area (Å²) in [5.41, 5.74) is 0. The van der Waals surface area contributed by atoms with Gasteiger partial charge in [-0.1, -0.05) is 33.6 Å². The van der Waals surface area contributed by atoms with Gasteiger partial charge in [0, 0.05) is 12.6 Å². The predicted octanol–water partition coefficient (Wildman–Crippen LogP) is 3.54. The molecule has 2 atom stereocenters. The van der Waals surface area contributed by atoms with E-state index in [1.54, 1.807) is 0 Å². The third-order valence-electron chi connectivity index (χ3n) is 4.75. The van der Waals surface area contributed by atoms with Gasteiger partial charge in [0.1, 0.15) is 0 Å². The summed E-state index contributed by atoms with van der Waals surface area (Å²) < 4.78 is 0. The van der Waals surface area contributed by atoms with Crippen LogP contribution in [0.3, 0.4) is 0 Å². The number of piperidine rings is 1. The molecule has 1 aliphatic carbocycles. The third kappa shape index (κ3) is 2.55. The van der Waals surface area contributed by atoms with Crippen molar-refractivity contribution in [1.82, 2.24) is 4.90 Å². The van der Waals surface area contributed by atoms with Crippen LogP contribution in [-0.2, 0) is 0 Å². The van der Waals surface area contributed by atoms with E-state index >= 15 is 0 Å². The van der Waals surface area contributed by atoms with Gasteiger partial charge in [-0.05, 0) is 43.6 Å². The van der Waals surface area contributed by atoms with Crippen molar-refractivity contribution in [3.63, 3.8) is 0 Å². The molecule has 0 aromatic heterocycles. The highest BCUT2D eigenvalue weighted by Crippen LogP contribution is 2.33. The standard InChI is InChI=1S/C14H27N/c1-11(2)14-10-15(9-8-12(14)3)13-6-4-5-7-13/h11-14H,4-10H2,1-3H3/t12-,14+/m0/s1. The molecular weight excluding hydrogens is 182 g/mol. The van der Waals surface area contributed by atoms with Crippen molar-refractivity contribution in [2.45, 2.75) is 58.9 Å². The lowest BCUT2D eigenvalue weighted by Gasteiger charge is -2.42. The molecule has 0 aromatic rings. The zero-order valence-corrected chi connectivity index (χ0v) is 10.7.